The molecule has 0 aliphatic rings. The third-order valence-corrected chi connectivity index (χ3v) is 1.97. The van der Waals surface area contributed by atoms with E-state index in [1.54, 1.807) is 18.2 Å². The number of hydrogen-bond acceptors (Lipinski definition) is 1. The molecule has 0 saturated carbocycles. The van der Waals surface area contributed by atoms with Crippen LogP contribution in [0.4, 0.5) is 4.39 Å². The summed E-state index contributed by atoms with van der Waals surface area (Å²) < 4.78 is 13.4. The van der Waals surface area contributed by atoms with Crippen LogP contribution in [0.1, 0.15) is 31.1 Å². The molecule has 0 heterocycles. The zero-order chi connectivity index (χ0) is 10.7. The highest BCUT2D eigenvalue weighted by molar-refractivity contribution is 5.27. The van der Waals surface area contributed by atoms with Gasteiger partial charge in [0.05, 0.1) is 0 Å². The van der Waals surface area contributed by atoms with E-state index >= 15 is 0 Å². The van der Waals surface area contributed by atoms with Gasteiger partial charge in [0.15, 0.2) is 0 Å². The first kappa shape index (κ1) is 10.9. The molecule has 14 heavy (non-hydrogen) atoms. The van der Waals surface area contributed by atoms with Crippen LogP contribution >= 0.6 is 0 Å². The van der Waals surface area contributed by atoms with E-state index < -0.39 is 6.10 Å². The largest absolute Gasteiger partial charge is 0.384 e. The van der Waals surface area contributed by atoms with Gasteiger partial charge in [0.2, 0.25) is 0 Å². The normalized spacial score (nSPS) is 12.4. The number of allylic oxidation sites excluding steroid dienone is 1. The second kappa shape index (κ2) is 4.38. The molecule has 76 valence electrons. The predicted molar refractivity (Wildman–Crippen MR) is 55.5 cm³/mol. The summed E-state index contributed by atoms with van der Waals surface area (Å²) in [5.74, 6) is -0.352. The molecule has 2 heteroatoms. The van der Waals surface area contributed by atoms with Crippen LogP contribution < -0.4 is 0 Å². The van der Waals surface area contributed by atoms with E-state index in [2.05, 4.69) is 0 Å². The SMILES string of the molecule is CC(C)=CC(O)c1ccc(C)cc1F. The summed E-state index contributed by atoms with van der Waals surface area (Å²) in [5, 5.41) is 9.65. The molecular formula is C12H15FO. The molecule has 1 unspecified atom stereocenters. The number of hydrogen-bond donors (Lipinski definition) is 1. The molecule has 0 aliphatic carbocycles. The molecule has 1 nitrogen and oxygen atoms in total. The molecular weight excluding hydrogens is 179 g/mol. The lowest BCUT2D eigenvalue weighted by atomic mass is 10.0. The summed E-state index contributed by atoms with van der Waals surface area (Å²) in [7, 11) is 0. The highest BCUT2D eigenvalue weighted by Gasteiger charge is 2.09. The molecule has 1 atom stereocenters. The van der Waals surface area contributed by atoms with Crippen molar-refractivity contribution in [1.29, 1.82) is 0 Å². The van der Waals surface area contributed by atoms with Gasteiger partial charge in [-0.2, -0.15) is 0 Å². The Bertz CT molecular complexity index is 351. The highest BCUT2D eigenvalue weighted by Crippen LogP contribution is 2.20. The van der Waals surface area contributed by atoms with Crippen LogP contribution in [0.25, 0.3) is 0 Å². The van der Waals surface area contributed by atoms with Crippen molar-refractivity contribution in [2.24, 2.45) is 0 Å². The smallest absolute Gasteiger partial charge is 0.129 e. The fourth-order valence-corrected chi connectivity index (χ4v) is 1.28. The molecule has 0 fully saturated rings. The van der Waals surface area contributed by atoms with Gasteiger partial charge in [-0.25, -0.2) is 4.39 Å². The van der Waals surface area contributed by atoms with Gasteiger partial charge in [-0.15, -0.1) is 0 Å². The van der Waals surface area contributed by atoms with Gasteiger partial charge < -0.3 is 5.11 Å². The number of aliphatic hydroxyl groups excluding tert-OH is 1. The molecule has 0 aromatic heterocycles. The minimum Gasteiger partial charge on any atom is -0.384 e. The summed E-state index contributed by atoms with van der Waals surface area (Å²) in [6.07, 6.45) is 0.786. The van der Waals surface area contributed by atoms with Crippen molar-refractivity contribution >= 4 is 0 Å². The molecule has 0 spiro atoms. The second-order valence-corrected chi connectivity index (χ2v) is 3.71. The van der Waals surface area contributed by atoms with Gasteiger partial charge in [0.1, 0.15) is 11.9 Å². The quantitative estimate of drug-likeness (QED) is 0.717. The molecule has 0 aliphatic heterocycles. The zero-order valence-corrected chi connectivity index (χ0v) is 8.71. The van der Waals surface area contributed by atoms with E-state index in [0.717, 1.165) is 11.1 Å². The van der Waals surface area contributed by atoms with Gasteiger partial charge in [0.25, 0.3) is 0 Å². The predicted octanol–water partition coefficient (Wildman–Crippen LogP) is 3.13. The van der Waals surface area contributed by atoms with Crippen molar-refractivity contribution in [3.8, 4) is 0 Å². The molecule has 0 bridgehead atoms. The number of rotatable bonds is 2. The van der Waals surface area contributed by atoms with Crippen molar-refractivity contribution in [1.82, 2.24) is 0 Å². The Morgan fingerprint density at radius 2 is 2.07 bits per heavy atom. The Morgan fingerprint density at radius 1 is 1.43 bits per heavy atom. The Hall–Kier alpha value is -1.15. The maximum atomic E-state index is 13.4. The molecule has 1 aromatic carbocycles. The van der Waals surface area contributed by atoms with E-state index in [1.807, 2.05) is 20.8 Å². The highest BCUT2D eigenvalue weighted by atomic mass is 19.1. The van der Waals surface area contributed by atoms with E-state index in [0.29, 0.717) is 5.56 Å². The Kier molecular flexibility index (Phi) is 3.42. The average molecular weight is 194 g/mol. The maximum absolute atomic E-state index is 13.4. The maximum Gasteiger partial charge on any atom is 0.129 e. The van der Waals surface area contributed by atoms with E-state index in [-0.39, 0.29) is 5.82 Å². The van der Waals surface area contributed by atoms with E-state index in [1.165, 1.54) is 6.07 Å². The summed E-state index contributed by atoms with van der Waals surface area (Å²) in [6.45, 7) is 5.56. The first-order valence-corrected chi connectivity index (χ1v) is 4.60. The summed E-state index contributed by atoms with van der Waals surface area (Å²) in [6, 6.07) is 4.84. The monoisotopic (exact) mass is 194 g/mol. The third-order valence-electron chi connectivity index (χ3n) is 1.97. The fraction of sp³-hybridized carbons (Fsp3) is 0.333. The minimum atomic E-state index is -0.847. The number of halogens is 1. The summed E-state index contributed by atoms with van der Waals surface area (Å²) in [4.78, 5) is 0. The third kappa shape index (κ3) is 2.67. The molecule has 1 aromatic rings. The van der Waals surface area contributed by atoms with Gasteiger partial charge in [0, 0.05) is 5.56 Å². The van der Waals surface area contributed by atoms with Crippen LogP contribution in [0, 0.1) is 12.7 Å². The average Bonchev–Trinajstić information content (AvgIpc) is 2.01. The van der Waals surface area contributed by atoms with Crippen LogP contribution in [0.5, 0.6) is 0 Å². The second-order valence-electron chi connectivity index (χ2n) is 3.71. The van der Waals surface area contributed by atoms with Gasteiger partial charge in [-0.1, -0.05) is 23.8 Å². The summed E-state index contributed by atoms with van der Waals surface area (Å²) in [5.41, 5.74) is 2.16. The van der Waals surface area contributed by atoms with Crippen LogP contribution in [0.3, 0.4) is 0 Å². The number of aliphatic hydroxyl groups is 1. The lowest BCUT2D eigenvalue weighted by molar-refractivity contribution is 0.222. The number of aryl methyl sites for hydroxylation is 1. The lowest BCUT2D eigenvalue weighted by Crippen LogP contribution is -1.98. The Balaban J connectivity index is 3.02. The zero-order valence-electron chi connectivity index (χ0n) is 8.71. The van der Waals surface area contributed by atoms with Crippen molar-refractivity contribution < 1.29 is 9.50 Å². The van der Waals surface area contributed by atoms with Crippen molar-refractivity contribution in [2.75, 3.05) is 0 Å². The lowest BCUT2D eigenvalue weighted by Gasteiger charge is -2.08. The topological polar surface area (TPSA) is 20.2 Å². The van der Waals surface area contributed by atoms with Crippen LogP contribution in [-0.4, -0.2) is 5.11 Å². The first-order chi connectivity index (χ1) is 6.50. The molecule has 1 rings (SSSR count). The van der Waals surface area contributed by atoms with E-state index in [4.69, 9.17) is 0 Å². The van der Waals surface area contributed by atoms with Gasteiger partial charge in [-0.3, -0.25) is 0 Å². The van der Waals surface area contributed by atoms with Crippen LogP contribution in [0.2, 0.25) is 0 Å². The van der Waals surface area contributed by atoms with Gasteiger partial charge in [-0.05, 0) is 32.4 Å². The molecule has 0 amide bonds. The minimum absolute atomic E-state index is 0.330. The van der Waals surface area contributed by atoms with Crippen LogP contribution in [-0.2, 0) is 0 Å². The first-order valence-electron chi connectivity index (χ1n) is 4.60. The van der Waals surface area contributed by atoms with Crippen LogP contribution in [0.15, 0.2) is 29.8 Å². The Labute approximate surface area is 83.9 Å². The number of benzene rings is 1. The summed E-state index contributed by atoms with van der Waals surface area (Å²) >= 11 is 0. The van der Waals surface area contributed by atoms with E-state index in [9.17, 15) is 9.50 Å². The fourth-order valence-electron chi connectivity index (χ4n) is 1.28. The standard InChI is InChI=1S/C12H15FO/c1-8(2)6-12(14)10-5-4-9(3)7-11(10)13/h4-7,12,14H,1-3H3. The van der Waals surface area contributed by atoms with Crippen molar-refractivity contribution in [3.05, 3.63) is 46.8 Å². The van der Waals surface area contributed by atoms with Crippen molar-refractivity contribution in [3.63, 3.8) is 0 Å². The van der Waals surface area contributed by atoms with Gasteiger partial charge >= 0.3 is 0 Å². The molecule has 0 radical (unpaired) electrons. The molecule has 0 saturated heterocycles. The van der Waals surface area contributed by atoms with Crippen molar-refractivity contribution in [2.45, 2.75) is 26.9 Å². The molecule has 1 N–H and O–H groups in total. The Morgan fingerprint density at radius 3 is 2.57 bits per heavy atom.